The van der Waals surface area contributed by atoms with E-state index in [1.165, 1.54) is 27.4 Å². The van der Waals surface area contributed by atoms with Crippen molar-refractivity contribution in [2.24, 2.45) is 0 Å². The van der Waals surface area contributed by atoms with Crippen LogP contribution >= 0.6 is 29.9 Å². The first-order valence-electron chi connectivity index (χ1n) is 8.92. The highest BCUT2D eigenvalue weighted by atomic mass is 32.7. The maximum Gasteiger partial charge on any atom is 0.333 e. The molecule has 3 nitrogen and oxygen atoms in total. The SMILES string of the molecule is CCN(CC)P(=O)(OCCSc1ccc(C)cc1)Sc1ccc(C)cc1. The predicted molar refractivity (Wildman–Crippen MR) is 115 cm³/mol. The van der Waals surface area contributed by atoms with Crippen LogP contribution in [0.2, 0.25) is 0 Å². The van der Waals surface area contributed by atoms with Crippen molar-refractivity contribution in [3.8, 4) is 0 Å². The van der Waals surface area contributed by atoms with Gasteiger partial charge >= 0.3 is 6.72 Å². The van der Waals surface area contributed by atoms with E-state index in [-0.39, 0.29) is 0 Å². The van der Waals surface area contributed by atoms with E-state index in [9.17, 15) is 4.57 Å². The summed E-state index contributed by atoms with van der Waals surface area (Å²) in [7, 11) is 0. The van der Waals surface area contributed by atoms with Crippen LogP contribution in [-0.4, -0.2) is 30.1 Å². The third kappa shape index (κ3) is 6.47. The maximum absolute atomic E-state index is 13.5. The molecule has 0 aliphatic rings. The first kappa shape index (κ1) is 21.6. The third-order valence-electron chi connectivity index (χ3n) is 3.95. The summed E-state index contributed by atoms with van der Waals surface area (Å²) in [5, 5.41) is 0. The molecule has 0 fully saturated rings. The zero-order chi connectivity index (χ0) is 19.0. The van der Waals surface area contributed by atoms with Gasteiger partial charge in [-0.25, -0.2) is 4.67 Å². The van der Waals surface area contributed by atoms with Crippen LogP contribution in [-0.2, 0) is 9.09 Å². The molecule has 2 rings (SSSR count). The molecule has 142 valence electrons. The summed E-state index contributed by atoms with van der Waals surface area (Å²) < 4.78 is 21.5. The molecule has 0 saturated heterocycles. The second-order valence-electron chi connectivity index (χ2n) is 6.01. The van der Waals surface area contributed by atoms with Crippen LogP contribution in [0.3, 0.4) is 0 Å². The normalized spacial score (nSPS) is 13.7. The summed E-state index contributed by atoms with van der Waals surface area (Å²) in [6, 6.07) is 16.6. The van der Waals surface area contributed by atoms with Crippen LogP contribution in [0.5, 0.6) is 0 Å². The Kier molecular flexibility index (Phi) is 8.78. The topological polar surface area (TPSA) is 29.5 Å². The lowest BCUT2D eigenvalue weighted by Crippen LogP contribution is -2.20. The average molecular weight is 410 g/mol. The molecule has 0 heterocycles. The summed E-state index contributed by atoms with van der Waals surface area (Å²) in [6.07, 6.45) is 0. The van der Waals surface area contributed by atoms with Gasteiger partial charge in [0.25, 0.3) is 0 Å². The summed E-state index contributed by atoms with van der Waals surface area (Å²) in [6.45, 7) is 7.10. The lowest BCUT2D eigenvalue weighted by atomic mass is 10.2. The molecular weight excluding hydrogens is 381 g/mol. The van der Waals surface area contributed by atoms with E-state index in [0.29, 0.717) is 19.7 Å². The lowest BCUT2D eigenvalue weighted by Gasteiger charge is -2.28. The second kappa shape index (κ2) is 10.6. The molecule has 1 unspecified atom stereocenters. The molecule has 0 spiro atoms. The fraction of sp³-hybridized carbons (Fsp3) is 0.400. The average Bonchev–Trinajstić information content (AvgIpc) is 2.63. The Balaban J connectivity index is 1.98. The first-order chi connectivity index (χ1) is 12.5. The molecule has 0 bridgehead atoms. The van der Waals surface area contributed by atoms with E-state index >= 15 is 0 Å². The molecular formula is C20H28NO2PS2. The Labute approximate surface area is 166 Å². The number of rotatable bonds is 10. The van der Waals surface area contributed by atoms with Gasteiger partial charge < -0.3 is 4.52 Å². The minimum atomic E-state index is -2.96. The Morgan fingerprint density at radius 1 is 0.885 bits per heavy atom. The number of aryl methyl sites for hydroxylation is 2. The number of nitrogens with zero attached hydrogens (tertiary/aromatic N) is 1. The summed E-state index contributed by atoms with van der Waals surface area (Å²) >= 11 is 3.09. The minimum absolute atomic E-state index is 0.463. The van der Waals surface area contributed by atoms with Crippen LogP contribution in [0, 0.1) is 13.8 Å². The molecule has 6 heteroatoms. The van der Waals surface area contributed by atoms with Gasteiger partial charge in [0.1, 0.15) is 0 Å². The molecule has 0 radical (unpaired) electrons. The number of hydrogen-bond donors (Lipinski definition) is 0. The fourth-order valence-corrected chi connectivity index (χ4v) is 7.73. The van der Waals surface area contributed by atoms with E-state index in [0.717, 1.165) is 10.6 Å². The summed E-state index contributed by atoms with van der Waals surface area (Å²) in [5.41, 5.74) is 2.45. The van der Waals surface area contributed by atoms with Gasteiger partial charge in [0, 0.05) is 28.6 Å². The van der Waals surface area contributed by atoms with Crippen molar-refractivity contribution in [1.82, 2.24) is 4.67 Å². The van der Waals surface area contributed by atoms with Gasteiger partial charge in [-0.2, -0.15) is 0 Å². The molecule has 0 amide bonds. The van der Waals surface area contributed by atoms with Gasteiger partial charge in [0.15, 0.2) is 0 Å². The van der Waals surface area contributed by atoms with Crippen molar-refractivity contribution in [2.75, 3.05) is 25.4 Å². The summed E-state index contributed by atoms with van der Waals surface area (Å²) in [5.74, 6) is 0.781. The van der Waals surface area contributed by atoms with Crippen molar-refractivity contribution in [3.63, 3.8) is 0 Å². The predicted octanol–water partition coefficient (Wildman–Crippen LogP) is 6.65. The van der Waals surface area contributed by atoms with Crippen LogP contribution in [0.1, 0.15) is 25.0 Å². The standard InChI is InChI=1S/C20H28NO2PS2/c1-5-21(6-2)24(22,26-20-13-9-18(4)10-14-20)23-15-16-25-19-11-7-17(3)8-12-19/h7-14H,5-6,15-16H2,1-4H3. The Bertz CT molecular complexity index is 716. The van der Waals surface area contributed by atoms with Gasteiger partial charge in [0.05, 0.1) is 6.61 Å². The monoisotopic (exact) mass is 409 g/mol. The molecule has 0 aliphatic heterocycles. The fourth-order valence-electron chi connectivity index (χ4n) is 2.41. The second-order valence-corrected chi connectivity index (χ2v) is 11.5. The van der Waals surface area contributed by atoms with Gasteiger partial charge in [-0.1, -0.05) is 49.2 Å². The van der Waals surface area contributed by atoms with Crippen molar-refractivity contribution in [1.29, 1.82) is 0 Å². The Hall–Kier alpha value is -0.710. The molecule has 0 aromatic heterocycles. The summed E-state index contributed by atoms with van der Waals surface area (Å²) in [4.78, 5) is 2.19. The van der Waals surface area contributed by atoms with Gasteiger partial charge in [-0.3, -0.25) is 4.57 Å². The van der Waals surface area contributed by atoms with Crippen molar-refractivity contribution >= 4 is 29.9 Å². The van der Waals surface area contributed by atoms with Gasteiger partial charge in [0.2, 0.25) is 0 Å². The van der Waals surface area contributed by atoms with Crippen LogP contribution in [0.25, 0.3) is 0 Å². The highest BCUT2D eigenvalue weighted by Gasteiger charge is 2.31. The van der Waals surface area contributed by atoms with E-state index < -0.39 is 6.72 Å². The highest BCUT2D eigenvalue weighted by molar-refractivity contribution is 8.55. The molecule has 2 aromatic rings. The largest absolute Gasteiger partial charge is 0.333 e. The minimum Gasteiger partial charge on any atom is -0.309 e. The Morgan fingerprint density at radius 3 is 1.88 bits per heavy atom. The quantitative estimate of drug-likeness (QED) is 0.249. The first-order valence-corrected chi connectivity index (χ1v) is 12.9. The van der Waals surface area contributed by atoms with E-state index in [1.54, 1.807) is 11.8 Å². The maximum atomic E-state index is 13.5. The van der Waals surface area contributed by atoms with Crippen molar-refractivity contribution in [2.45, 2.75) is 37.5 Å². The zero-order valence-corrected chi connectivity index (χ0v) is 18.5. The van der Waals surface area contributed by atoms with Gasteiger partial charge in [-0.05, 0) is 49.5 Å². The number of hydrogen-bond acceptors (Lipinski definition) is 4. The molecule has 0 N–H and O–H groups in total. The molecule has 0 saturated carbocycles. The highest BCUT2D eigenvalue weighted by Crippen LogP contribution is 2.65. The van der Waals surface area contributed by atoms with Crippen LogP contribution in [0.4, 0.5) is 0 Å². The van der Waals surface area contributed by atoms with Crippen molar-refractivity contribution in [3.05, 3.63) is 59.7 Å². The zero-order valence-electron chi connectivity index (χ0n) is 16.0. The van der Waals surface area contributed by atoms with E-state index in [2.05, 4.69) is 38.1 Å². The lowest BCUT2D eigenvalue weighted by molar-refractivity contribution is 0.296. The van der Waals surface area contributed by atoms with Crippen LogP contribution in [0.15, 0.2) is 58.3 Å². The third-order valence-corrected chi connectivity index (χ3v) is 9.74. The smallest absolute Gasteiger partial charge is 0.309 e. The number of thioether (sulfide) groups is 1. The van der Waals surface area contributed by atoms with E-state index in [4.69, 9.17) is 4.52 Å². The van der Waals surface area contributed by atoms with E-state index in [1.807, 2.05) is 42.8 Å². The van der Waals surface area contributed by atoms with Gasteiger partial charge in [-0.15, -0.1) is 11.8 Å². The Morgan fingerprint density at radius 2 is 1.38 bits per heavy atom. The molecule has 2 aromatic carbocycles. The molecule has 0 aliphatic carbocycles. The molecule has 1 atom stereocenters. The van der Waals surface area contributed by atoms with Crippen molar-refractivity contribution < 1.29 is 9.09 Å². The van der Waals surface area contributed by atoms with Crippen LogP contribution < -0.4 is 0 Å². The number of benzene rings is 2. The molecule has 26 heavy (non-hydrogen) atoms.